The molecule has 6 rings (SSSR count). The Labute approximate surface area is 457 Å². The molecule has 0 aliphatic carbocycles. The Bertz CT molecular complexity index is 2190. The van der Waals surface area contributed by atoms with Crippen LogP contribution in [0.2, 0.25) is 0 Å². The second-order valence-electron chi connectivity index (χ2n) is 15.7. The van der Waals surface area contributed by atoms with Crippen molar-refractivity contribution in [3.63, 3.8) is 0 Å². The Kier molecular flexibility index (Phi) is 35.2. The van der Waals surface area contributed by atoms with Crippen LogP contribution < -0.4 is 45.2 Å². The first kappa shape index (κ1) is 67.7. The van der Waals surface area contributed by atoms with Crippen molar-refractivity contribution in [2.75, 3.05) is 53.5 Å². The van der Waals surface area contributed by atoms with Crippen molar-refractivity contribution < 1.29 is 102 Å². The van der Waals surface area contributed by atoms with E-state index in [9.17, 15) is 30.6 Å². The molecule has 0 fully saturated rings. The summed E-state index contributed by atoms with van der Waals surface area (Å²) in [6.45, 7) is 6.32. The first-order chi connectivity index (χ1) is 32.9. The number of para-hydroxylation sites is 6. The second kappa shape index (κ2) is 37.4. The van der Waals surface area contributed by atoms with Gasteiger partial charge in [0.1, 0.15) is 11.5 Å². The zero-order valence-corrected chi connectivity index (χ0v) is 43.5. The van der Waals surface area contributed by atoms with Crippen LogP contribution in [0.4, 0.5) is 0 Å². The molecule has 0 bridgehead atoms. The van der Waals surface area contributed by atoms with Crippen LogP contribution in [-0.4, -0.2) is 111 Å². The molecule has 6 aromatic rings. The zero-order chi connectivity index (χ0) is 49.6. The fourth-order valence-electron chi connectivity index (χ4n) is 6.03. The summed E-state index contributed by atoms with van der Waals surface area (Å²) in [7, 11) is 2.00. The molecule has 72 heavy (non-hydrogen) atoms. The summed E-state index contributed by atoms with van der Waals surface area (Å²) in [5, 5.41) is 81.5. The molecular formula is C54H60Cl2N6Ni2O8. The molecule has 0 aliphatic rings. The van der Waals surface area contributed by atoms with Crippen LogP contribution in [0.3, 0.4) is 0 Å². The average Bonchev–Trinajstić information content (AvgIpc) is 3.34. The maximum absolute atomic E-state index is 11.9. The number of aliphatic imine (C=N–C) groups is 6. The molecule has 6 aromatic carbocycles. The Hall–Kier alpha value is -6.37. The number of rotatable bonds is 18. The van der Waals surface area contributed by atoms with Gasteiger partial charge in [0.05, 0.1) is 0 Å². The van der Waals surface area contributed by atoms with E-state index in [0.717, 1.165) is 14.2 Å². The summed E-state index contributed by atoms with van der Waals surface area (Å²) < 4.78 is 0. The largest absolute Gasteiger partial charge is 2.00 e. The van der Waals surface area contributed by atoms with Gasteiger partial charge in [0.25, 0.3) is 0 Å². The van der Waals surface area contributed by atoms with Crippen molar-refractivity contribution in [2.24, 2.45) is 40.8 Å². The Balaban J connectivity index is -0.000000576. The first-order valence-corrected chi connectivity index (χ1v) is 21.4. The summed E-state index contributed by atoms with van der Waals surface area (Å²) in [4.78, 5) is 26.9. The minimum absolute atomic E-state index is 0. The monoisotopic (exact) mass is 1110 g/mol. The van der Waals surface area contributed by atoms with E-state index in [1.54, 1.807) is 146 Å². The van der Waals surface area contributed by atoms with Crippen LogP contribution in [0.1, 0.15) is 50.1 Å². The van der Waals surface area contributed by atoms with E-state index >= 15 is 0 Å². The van der Waals surface area contributed by atoms with Gasteiger partial charge in [0, 0.05) is 113 Å². The molecule has 0 atom stereocenters. The molecule has 388 valence electrons. The molecule has 0 saturated heterocycles. The SMILES string of the molecule is CC(CN=Cc1ccccc1[O-])(CN=Cc1ccccc1[O-])CN=Cc1ccccc1O.CC(CN=Cc1ccccc1[O-])(CN=Cc1ccccc1[O-])CN=Cc1ccccc1O.CO.CO.[Cl-].[Cl-].[H+].[H+].[Ni+2].[Ni+2]. The number of phenolic OH excluding ortho intramolecular Hbond substituents is 2. The van der Waals surface area contributed by atoms with E-state index in [1.807, 2.05) is 26.0 Å². The van der Waals surface area contributed by atoms with Gasteiger partial charge in [0.15, 0.2) is 0 Å². The number of aliphatic hydroxyl groups is 2. The van der Waals surface area contributed by atoms with E-state index in [-0.39, 0.29) is 95.1 Å². The Morgan fingerprint density at radius 3 is 0.708 bits per heavy atom. The fraction of sp³-hybridized carbons (Fsp3) is 0.222. The standard InChI is InChI=1S/2C26H27N3O3.2CH4O.2ClH.2Ni/c2*1-26(17-27-14-20-8-2-5-11-23(20)30,18-28-15-21-9-3-6-12-24(21)31)19-29-16-22-10-4-7-13-25(22)32;2*1-2;;;;/h2*2-16,30-32H,17-19H2,1H3;2*2H,1H3;2*1H;;/q;;;;;;2*+2/p-4. The van der Waals surface area contributed by atoms with E-state index in [4.69, 9.17) is 10.2 Å². The quantitative estimate of drug-likeness (QED) is 0.0665. The molecule has 14 nitrogen and oxygen atoms in total. The molecule has 0 radical (unpaired) electrons. The van der Waals surface area contributed by atoms with Crippen LogP contribution in [0.15, 0.2) is 176 Å². The number of hydrogen-bond acceptors (Lipinski definition) is 14. The first-order valence-electron chi connectivity index (χ1n) is 21.4. The fourth-order valence-corrected chi connectivity index (χ4v) is 6.03. The maximum atomic E-state index is 11.9. The number of aromatic hydroxyl groups is 2. The number of aliphatic hydroxyl groups excluding tert-OH is 2. The number of nitrogens with zero attached hydrogens (tertiary/aromatic N) is 6. The molecule has 0 heterocycles. The van der Waals surface area contributed by atoms with Crippen LogP contribution in [0, 0.1) is 10.8 Å². The van der Waals surface area contributed by atoms with E-state index in [1.165, 1.54) is 24.3 Å². The topological polar surface area (TPSA) is 247 Å². The minimum Gasteiger partial charge on any atom is -1.00 e. The molecule has 0 aliphatic heterocycles. The van der Waals surface area contributed by atoms with Crippen LogP contribution in [0.5, 0.6) is 34.5 Å². The van der Waals surface area contributed by atoms with Crippen molar-refractivity contribution in [3.05, 3.63) is 179 Å². The van der Waals surface area contributed by atoms with Gasteiger partial charge in [-0.15, -0.1) is 23.0 Å². The molecule has 0 unspecified atom stereocenters. The van der Waals surface area contributed by atoms with Crippen molar-refractivity contribution in [1.82, 2.24) is 0 Å². The van der Waals surface area contributed by atoms with Gasteiger partial charge in [-0.3, -0.25) is 30.0 Å². The molecule has 0 amide bonds. The van der Waals surface area contributed by atoms with Crippen molar-refractivity contribution >= 4 is 37.3 Å². The second-order valence-corrected chi connectivity index (χ2v) is 15.7. The average molecular weight is 1110 g/mol. The van der Waals surface area contributed by atoms with E-state index in [2.05, 4.69) is 30.0 Å². The van der Waals surface area contributed by atoms with Gasteiger partial charge in [-0.2, -0.15) is 0 Å². The normalized spacial score (nSPS) is 12.4. The molecule has 0 spiro atoms. The van der Waals surface area contributed by atoms with Gasteiger partial charge >= 0.3 is 35.8 Å². The predicted octanol–water partition coefficient (Wildman–Crippen LogP) is -0.149. The van der Waals surface area contributed by atoms with Crippen molar-refractivity contribution in [1.29, 1.82) is 0 Å². The van der Waals surface area contributed by atoms with Gasteiger partial charge in [-0.05, 0) is 46.5 Å². The number of halogens is 2. The van der Waals surface area contributed by atoms with Crippen molar-refractivity contribution in [2.45, 2.75) is 13.8 Å². The predicted molar refractivity (Wildman–Crippen MR) is 269 cm³/mol. The van der Waals surface area contributed by atoms with Gasteiger partial charge in [-0.25, -0.2) is 0 Å². The summed E-state index contributed by atoms with van der Waals surface area (Å²) in [6, 6.07) is 40.8. The molecule has 0 saturated carbocycles. The Morgan fingerprint density at radius 2 is 0.514 bits per heavy atom. The summed E-state index contributed by atoms with van der Waals surface area (Å²) in [5.41, 5.74) is 2.44. The van der Waals surface area contributed by atoms with Gasteiger partial charge in [0.2, 0.25) is 0 Å². The summed E-state index contributed by atoms with van der Waals surface area (Å²) >= 11 is 0. The Morgan fingerprint density at radius 1 is 0.347 bits per heavy atom. The van der Waals surface area contributed by atoms with Crippen molar-refractivity contribution in [3.8, 4) is 34.5 Å². The number of benzene rings is 6. The molecule has 18 heteroatoms. The van der Waals surface area contributed by atoms with Crippen LogP contribution >= 0.6 is 0 Å². The van der Waals surface area contributed by atoms with Crippen LogP contribution in [0.25, 0.3) is 0 Å². The molecule has 0 aromatic heterocycles. The number of hydrogen-bond donors (Lipinski definition) is 4. The van der Waals surface area contributed by atoms with E-state index < -0.39 is 10.8 Å². The zero-order valence-electron chi connectivity index (χ0n) is 42.1. The maximum Gasteiger partial charge on any atom is 2.00 e. The van der Waals surface area contributed by atoms with Crippen LogP contribution in [-0.2, 0) is 33.0 Å². The van der Waals surface area contributed by atoms with Gasteiger partial charge < -0.3 is 65.7 Å². The smallest absolute Gasteiger partial charge is 1.00 e. The van der Waals surface area contributed by atoms with E-state index in [0.29, 0.717) is 72.6 Å². The summed E-state index contributed by atoms with van der Waals surface area (Å²) in [6.07, 6.45) is 9.55. The third-order valence-corrected chi connectivity index (χ3v) is 9.77. The summed E-state index contributed by atoms with van der Waals surface area (Å²) in [5.74, 6) is -0.0106. The minimum atomic E-state index is -0.455. The third-order valence-electron chi connectivity index (χ3n) is 9.77. The van der Waals surface area contributed by atoms with Gasteiger partial charge in [-0.1, -0.05) is 135 Å². The molecule has 4 N–H and O–H groups in total. The number of phenols is 2. The molecular weight excluding hydrogens is 1050 g/mol. The third kappa shape index (κ3) is 24.2.